The fourth-order valence-electron chi connectivity index (χ4n) is 1.95. The Balaban J connectivity index is 1.96. The average molecular weight is 365 g/mol. The van der Waals surface area contributed by atoms with Crippen molar-refractivity contribution >= 4 is 33.5 Å². The highest BCUT2D eigenvalue weighted by Crippen LogP contribution is 2.24. The highest BCUT2D eigenvalue weighted by Gasteiger charge is 2.09. The zero-order chi connectivity index (χ0) is 15.2. The van der Waals surface area contributed by atoms with E-state index in [2.05, 4.69) is 35.0 Å². The summed E-state index contributed by atoms with van der Waals surface area (Å²) in [6.07, 6.45) is 0.413. The Kier molecular flexibility index (Phi) is 5.88. The Morgan fingerprint density at radius 1 is 1.24 bits per heavy atom. The number of carbonyl (C=O) groups excluding carboxylic acids is 1. The lowest BCUT2D eigenvalue weighted by atomic mass is 10.1. The van der Waals surface area contributed by atoms with Gasteiger partial charge in [-0.3, -0.25) is 4.79 Å². The quantitative estimate of drug-likeness (QED) is 0.696. The van der Waals surface area contributed by atoms with Crippen molar-refractivity contribution in [3.8, 4) is 5.75 Å². The second-order valence-electron chi connectivity index (χ2n) is 4.78. The van der Waals surface area contributed by atoms with Crippen LogP contribution in [0.3, 0.4) is 0 Å². The van der Waals surface area contributed by atoms with E-state index in [-0.39, 0.29) is 5.78 Å². The summed E-state index contributed by atoms with van der Waals surface area (Å²) in [5, 5.41) is 0. The normalized spacial score (nSPS) is 10.4. The number of Topliss-reactive ketones (excluding diaryl/α,β-unsaturated/α-hetero) is 1. The van der Waals surface area contributed by atoms with Gasteiger partial charge in [0.05, 0.1) is 12.9 Å². The molecule has 2 nitrogen and oxygen atoms in total. The van der Waals surface area contributed by atoms with E-state index in [1.54, 1.807) is 18.9 Å². The number of aryl methyl sites for hydroxylation is 1. The van der Waals surface area contributed by atoms with Gasteiger partial charge < -0.3 is 4.74 Å². The number of hydrogen-bond donors (Lipinski definition) is 0. The van der Waals surface area contributed by atoms with Gasteiger partial charge in [-0.1, -0.05) is 33.6 Å². The van der Waals surface area contributed by atoms with Crippen molar-refractivity contribution in [3.05, 3.63) is 58.1 Å². The van der Waals surface area contributed by atoms with E-state index in [1.165, 1.54) is 5.56 Å². The summed E-state index contributed by atoms with van der Waals surface area (Å²) in [5.74, 6) is 1.45. The molecular weight excluding hydrogens is 348 g/mol. The van der Waals surface area contributed by atoms with E-state index in [0.717, 1.165) is 20.7 Å². The van der Waals surface area contributed by atoms with Crippen molar-refractivity contribution in [2.45, 2.75) is 18.2 Å². The van der Waals surface area contributed by atoms with Crippen molar-refractivity contribution in [3.63, 3.8) is 0 Å². The molecule has 0 unspecified atom stereocenters. The molecule has 0 aliphatic rings. The number of ether oxygens (including phenoxy) is 1. The fourth-order valence-corrected chi connectivity index (χ4v) is 3.21. The maximum atomic E-state index is 12.1. The molecule has 0 aliphatic carbocycles. The average Bonchev–Trinajstić information content (AvgIpc) is 2.47. The van der Waals surface area contributed by atoms with Gasteiger partial charge in [-0.05, 0) is 42.8 Å². The number of halogens is 1. The zero-order valence-corrected chi connectivity index (χ0v) is 14.5. The van der Waals surface area contributed by atoms with E-state index in [1.807, 2.05) is 30.3 Å². The molecule has 0 spiro atoms. The van der Waals surface area contributed by atoms with Crippen LogP contribution in [0.25, 0.3) is 0 Å². The molecule has 0 saturated carbocycles. The van der Waals surface area contributed by atoms with Crippen LogP contribution in [0, 0.1) is 6.92 Å². The molecule has 21 heavy (non-hydrogen) atoms. The van der Waals surface area contributed by atoms with Crippen LogP contribution in [0.2, 0.25) is 0 Å². The molecule has 110 valence electrons. The Hall–Kier alpha value is -1.26. The fraction of sp³-hybridized carbons (Fsp3) is 0.235. The lowest BCUT2D eigenvalue weighted by molar-refractivity contribution is -0.116. The molecule has 0 N–H and O–H groups in total. The third-order valence-corrected chi connectivity index (χ3v) is 4.86. The van der Waals surface area contributed by atoms with Crippen LogP contribution < -0.4 is 4.74 Å². The summed E-state index contributed by atoms with van der Waals surface area (Å²) < 4.78 is 6.14. The van der Waals surface area contributed by atoms with Crippen molar-refractivity contribution in [1.82, 2.24) is 0 Å². The van der Waals surface area contributed by atoms with Crippen LogP contribution in [0.15, 0.2) is 51.8 Å². The number of thioether (sulfide) groups is 1. The summed E-state index contributed by atoms with van der Waals surface area (Å²) >= 11 is 5.06. The van der Waals surface area contributed by atoms with E-state index in [0.29, 0.717) is 12.2 Å². The largest absolute Gasteiger partial charge is 0.497 e. The van der Waals surface area contributed by atoms with Gasteiger partial charge in [0.2, 0.25) is 0 Å². The minimum atomic E-state index is 0.204. The highest BCUT2D eigenvalue weighted by molar-refractivity contribution is 9.10. The van der Waals surface area contributed by atoms with Crippen molar-refractivity contribution in [1.29, 1.82) is 0 Å². The Bertz CT molecular complexity index is 640. The van der Waals surface area contributed by atoms with E-state index in [4.69, 9.17) is 4.74 Å². The van der Waals surface area contributed by atoms with Gasteiger partial charge in [0, 0.05) is 15.8 Å². The lowest BCUT2D eigenvalue weighted by Crippen LogP contribution is -2.06. The van der Waals surface area contributed by atoms with Crippen LogP contribution in [-0.2, 0) is 11.2 Å². The molecule has 4 heteroatoms. The monoisotopic (exact) mass is 364 g/mol. The van der Waals surface area contributed by atoms with Crippen molar-refractivity contribution in [2.75, 3.05) is 12.9 Å². The minimum Gasteiger partial charge on any atom is -0.497 e. The molecule has 0 bridgehead atoms. The van der Waals surface area contributed by atoms with Crippen LogP contribution >= 0.6 is 27.7 Å². The third kappa shape index (κ3) is 4.90. The summed E-state index contributed by atoms with van der Waals surface area (Å²) in [4.78, 5) is 13.3. The number of benzene rings is 2. The number of methoxy groups -OCH3 is 1. The Labute approximate surface area is 138 Å². The predicted octanol–water partition coefficient (Wildman–Crippen LogP) is 4.67. The first-order chi connectivity index (χ1) is 10.1. The number of hydrogen-bond acceptors (Lipinski definition) is 3. The maximum Gasteiger partial charge on any atom is 0.147 e. The van der Waals surface area contributed by atoms with Crippen LogP contribution in [-0.4, -0.2) is 18.6 Å². The smallest absolute Gasteiger partial charge is 0.147 e. The molecule has 2 rings (SSSR count). The highest BCUT2D eigenvalue weighted by atomic mass is 79.9. The summed E-state index contributed by atoms with van der Waals surface area (Å²) in [7, 11) is 1.63. The first-order valence-electron chi connectivity index (χ1n) is 6.62. The first-order valence-corrected chi connectivity index (χ1v) is 8.40. The molecule has 0 aliphatic heterocycles. The second-order valence-corrected chi connectivity index (χ2v) is 6.68. The lowest BCUT2D eigenvalue weighted by Gasteiger charge is -2.07. The molecule has 2 aromatic rings. The Morgan fingerprint density at radius 3 is 2.76 bits per heavy atom. The van der Waals surface area contributed by atoms with Gasteiger partial charge in [0.15, 0.2) is 0 Å². The number of rotatable bonds is 6. The maximum absolute atomic E-state index is 12.1. The molecule has 0 amide bonds. The standard InChI is InChI=1S/C17H17BrO2S/c1-12-4-3-5-16(8-12)21-11-14(19)9-13-10-15(20-2)6-7-17(13)18/h3-8,10H,9,11H2,1-2H3. The van der Waals surface area contributed by atoms with E-state index >= 15 is 0 Å². The van der Waals surface area contributed by atoms with Gasteiger partial charge in [0.25, 0.3) is 0 Å². The molecule has 0 aromatic heterocycles. The molecular formula is C17H17BrO2S. The van der Waals surface area contributed by atoms with Crippen LogP contribution in [0.5, 0.6) is 5.75 Å². The molecule has 0 fully saturated rings. The first kappa shape index (κ1) is 16.1. The van der Waals surface area contributed by atoms with E-state index < -0.39 is 0 Å². The predicted molar refractivity (Wildman–Crippen MR) is 91.3 cm³/mol. The molecule has 2 aromatic carbocycles. The SMILES string of the molecule is COc1ccc(Br)c(CC(=O)CSc2cccc(C)c2)c1. The van der Waals surface area contributed by atoms with Crippen LogP contribution in [0.1, 0.15) is 11.1 Å². The molecule has 0 saturated heterocycles. The Morgan fingerprint density at radius 2 is 2.05 bits per heavy atom. The molecule has 0 heterocycles. The van der Waals surface area contributed by atoms with Crippen molar-refractivity contribution in [2.24, 2.45) is 0 Å². The minimum absolute atomic E-state index is 0.204. The summed E-state index contributed by atoms with van der Waals surface area (Å²) in [5.41, 5.74) is 2.17. The molecule has 0 atom stereocenters. The summed E-state index contributed by atoms with van der Waals surface area (Å²) in [6.45, 7) is 2.05. The van der Waals surface area contributed by atoms with Gasteiger partial charge in [-0.25, -0.2) is 0 Å². The number of ketones is 1. The van der Waals surface area contributed by atoms with Crippen molar-refractivity contribution < 1.29 is 9.53 Å². The zero-order valence-electron chi connectivity index (χ0n) is 12.1. The van der Waals surface area contributed by atoms with E-state index in [9.17, 15) is 4.79 Å². The summed E-state index contributed by atoms with van der Waals surface area (Å²) in [6, 6.07) is 13.9. The molecule has 0 radical (unpaired) electrons. The number of carbonyl (C=O) groups is 1. The van der Waals surface area contributed by atoms with Gasteiger partial charge in [-0.2, -0.15) is 0 Å². The van der Waals surface area contributed by atoms with Gasteiger partial charge in [-0.15, -0.1) is 11.8 Å². The van der Waals surface area contributed by atoms with Crippen LogP contribution in [0.4, 0.5) is 0 Å². The van der Waals surface area contributed by atoms with Gasteiger partial charge in [0.1, 0.15) is 11.5 Å². The van der Waals surface area contributed by atoms with Gasteiger partial charge >= 0.3 is 0 Å². The second kappa shape index (κ2) is 7.66. The topological polar surface area (TPSA) is 26.3 Å². The third-order valence-electron chi connectivity index (χ3n) is 3.03.